The molecular weight excluding hydrogens is 200 g/mol. The second kappa shape index (κ2) is 7.70. The van der Waals surface area contributed by atoms with Crippen LogP contribution in [0.1, 0.15) is 60.3 Å². The van der Waals surface area contributed by atoms with Gasteiger partial charge in [0, 0.05) is 6.42 Å². The largest absolute Gasteiger partial charge is 0.481 e. The third kappa shape index (κ3) is 6.14. The Labute approximate surface area is 100 Å². The predicted octanol–water partition coefficient (Wildman–Crippen LogP) is 4.20. The van der Waals surface area contributed by atoms with Crippen LogP contribution in [0.5, 0.6) is 0 Å². The molecule has 3 atom stereocenters. The Hall–Kier alpha value is -0.530. The highest BCUT2D eigenvalue weighted by Crippen LogP contribution is 2.30. The fraction of sp³-hybridized carbons (Fsp3) is 0.929. The van der Waals surface area contributed by atoms with Crippen molar-refractivity contribution in [3.63, 3.8) is 0 Å². The lowest BCUT2D eigenvalue weighted by molar-refractivity contribution is -0.137. The van der Waals surface area contributed by atoms with Gasteiger partial charge >= 0.3 is 5.97 Å². The van der Waals surface area contributed by atoms with Crippen LogP contribution in [0.25, 0.3) is 0 Å². The Bertz CT molecular complexity index is 199. The minimum atomic E-state index is -0.665. The summed E-state index contributed by atoms with van der Waals surface area (Å²) in [6, 6.07) is 0. The lowest BCUT2D eigenvalue weighted by Crippen LogP contribution is -2.20. The Morgan fingerprint density at radius 2 is 1.75 bits per heavy atom. The summed E-state index contributed by atoms with van der Waals surface area (Å²) in [5, 5.41) is 8.72. The fourth-order valence-corrected chi connectivity index (χ4v) is 2.57. The summed E-state index contributed by atoms with van der Waals surface area (Å²) in [6.45, 7) is 11.3. The van der Waals surface area contributed by atoms with Gasteiger partial charge in [-0.15, -0.1) is 0 Å². The molecule has 2 heteroatoms. The van der Waals surface area contributed by atoms with Gasteiger partial charge in [-0.05, 0) is 36.5 Å². The number of hydrogen-bond acceptors (Lipinski definition) is 1. The van der Waals surface area contributed by atoms with Crippen LogP contribution in [0.2, 0.25) is 0 Å². The van der Waals surface area contributed by atoms with Crippen molar-refractivity contribution in [2.75, 3.05) is 0 Å². The monoisotopic (exact) mass is 228 g/mol. The molecule has 0 fully saturated rings. The third-order valence-corrected chi connectivity index (χ3v) is 3.74. The molecule has 0 saturated heterocycles. The van der Waals surface area contributed by atoms with Gasteiger partial charge in [0.1, 0.15) is 0 Å². The molecule has 0 spiro atoms. The molecule has 0 aliphatic rings. The maximum atomic E-state index is 10.6. The fourth-order valence-electron chi connectivity index (χ4n) is 2.57. The zero-order valence-corrected chi connectivity index (χ0v) is 11.5. The van der Waals surface area contributed by atoms with E-state index in [0.29, 0.717) is 24.2 Å². The Kier molecular flexibility index (Phi) is 7.44. The average molecular weight is 228 g/mol. The van der Waals surface area contributed by atoms with Crippen molar-refractivity contribution >= 4 is 5.97 Å². The summed E-state index contributed by atoms with van der Waals surface area (Å²) < 4.78 is 0. The summed E-state index contributed by atoms with van der Waals surface area (Å²) in [7, 11) is 0. The van der Waals surface area contributed by atoms with Crippen molar-refractivity contribution in [1.82, 2.24) is 0 Å². The molecule has 0 heterocycles. The maximum Gasteiger partial charge on any atom is 0.303 e. The van der Waals surface area contributed by atoms with E-state index in [1.165, 1.54) is 6.42 Å². The van der Waals surface area contributed by atoms with E-state index in [1.807, 2.05) is 0 Å². The average Bonchev–Trinajstić information content (AvgIpc) is 2.16. The van der Waals surface area contributed by atoms with Gasteiger partial charge < -0.3 is 5.11 Å². The molecule has 0 aromatic carbocycles. The standard InChI is InChI=1S/C14H28O2/c1-6-13(7-8-14(15)16)12(5)11(4)9-10(2)3/h10-13H,6-9H2,1-5H3,(H,15,16). The first kappa shape index (κ1) is 15.5. The van der Waals surface area contributed by atoms with Crippen LogP contribution in [0, 0.1) is 23.7 Å². The van der Waals surface area contributed by atoms with Crippen LogP contribution < -0.4 is 0 Å². The minimum absolute atomic E-state index is 0.317. The third-order valence-electron chi connectivity index (χ3n) is 3.74. The van der Waals surface area contributed by atoms with Crippen LogP contribution in [0.15, 0.2) is 0 Å². The summed E-state index contributed by atoms with van der Waals surface area (Å²) >= 11 is 0. The normalized spacial score (nSPS) is 17.1. The zero-order valence-electron chi connectivity index (χ0n) is 11.5. The molecule has 0 aromatic heterocycles. The highest BCUT2D eigenvalue weighted by Gasteiger charge is 2.22. The number of hydrogen-bond donors (Lipinski definition) is 1. The Balaban J connectivity index is 4.17. The van der Waals surface area contributed by atoms with E-state index in [2.05, 4.69) is 34.6 Å². The van der Waals surface area contributed by atoms with E-state index in [4.69, 9.17) is 5.11 Å². The highest BCUT2D eigenvalue weighted by molar-refractivity contribution is 5.66. The molecule has 0 bridgehead atoms. The Morgan fingerprint density at radius 1 is 1.19 bits per heavy atom. The smallest absolute Gasteiger partial charge is 0.303 e. The number of rotatable bonds is 8. The van der Waals surface area contributed by atoms with Crippen molar-refractivity contribution in [2.24, 2.45) is 23.7 Å². The number of aliphatic carboxylic acids is 1. The van der Waals surface area contributed by atoms with E-state index in [0.717, 1.165) is 18.8 Å². The molecule has 96 valence electrons. The summed E-state index contributed by atoms with van der Waals surface area (Å²) in [4.78, 5) is 10.6. The van der Waals surface area contributed by atoms with Crippen LogP contribution in [-0.4, -0.2) is 11.1 Å². The molecule has 3 unspecified atom stereocenters. The maximum absolute atomic E-state index is 10.6. The van der Waals surface area contributed by atoms with Crippen molar-refractivity contribution < 1.29 is 9.90 Å². The summed E-state index contributed by atoms with van der Waals surface area (Å²) in [6.07, 6.45) is 3.48. The van der Waals surface area contributed by atoms with Crippen LogP contribution in [0.3, 0.4) is 0 Å². The van der Waals surface area contributed by atoms with Crippen LogP contribution in [0.4, 0.5) is 0 Å². The highest BCUT2D eigenvalue weighted by atomic mass is 16.4. The van der Waals surface area contributed by atoms with Crippen molar-refractivity contribution in [3.05, 3.63) is 0 Å². The SMILES string of the molecule is CCC(CCC(=O)O)C(C)C(C)CC(C)C. The first-order valence-electron chi connectivity index (χ1n) is 6.60. The number of carbonyl (C=O) groups is 1. The molecule has 0 radical (unpaired) electrons. The van der Waals surface area contributed by atoms with Crippen LogP contribution in [-0.2, 0) is 4.79 Å². The van der Waals surface area contributed by atoms with Crippen molar-refractivity contribution in [1.29, 1.82) is 0 Å². The molecule has 0 aliphatic heterocycles. The lowest BCUT2D eigenvalue weighted by Gasteiger charge is -2.29. The number of carboxylic acid groups (broad SMARTS) is 1. The number of carboxylic acids is 1. The van der Waals surface area contributed by atoms with Crippen molar-refractivity contribution in [3.8, 4) is 0 Å². The second-order valence-electron chi connectivity index (χ2n) is 5.57. The second-order valence-corrected chi connectivity index (χ2v) is 5.57. The topological polar surface area (TPSA) is 37.3 Å². The van der Waals surface area contributed by atoms with Gasteiger partial charge in [-0.1, -0.05) is 41.0 Å². The van der Waals surface area contributed by atoms with E-state index in [-0.39, 0.29) is 0 Å². The molecule has 16 heavy (non-hydrogen) atoms. The van der Waals surface area contributed by atoms with Gasteiger partial charge in [0.25, 0.3) is 0 Å². The quantitative estimate of drug-likeness (QED) is 0.676. The van der Waals surface area contributed by atoms with Gasteiger partial charge in [-0.2, -0.15) is 0 Å². The van der Waals surface area contributed by atoms with Crippen LogP contribution >= 0.6 is 0 Å². The molecule has 0 saturated carbocycles. The first-order valence-corrected chi connectivity index (χ1v) is 6.60. The van der Waals surface area contributed by atoms with E-state index >= 15 is 0 Å². The van der Waals surface area contributed by atoms with Gasteiger partial charge in [-0.3, -0.25) is 4.79 Å². The van der Waals surface area contributed by atoms with E-state index in [1.54, 1.807) is 0 Å². The van der Waals surface area contributed by atoms with Gasteiger partial charge in [0.2, 0.25) is 0 Å². The molecule has 0 amide bonds. The van der Waals surface area contributed by atoms with Gasteiger partial charge in [0.05, 0.1) is 0 Å². The Morgan fingerprint density at radius 3 is 2.12 bits per heavy atom. The molecule has 0 aromatic rings. The van der Waals surface area contributed by atoms with Crippen molar-refractivity contribution in [2.45, 2.75) is 60.3 Å². The summed E-state index contributed by atoms with van der Waals surface area (Å²) in [5.74, 6) is 1.95. The zero-order chi connectivity index (χ0) is 12.7. The molecule has 1 N–H and O–H groups in total. The van der Waals surface area contributed by atoms with E-state index < -0.39 is 5.97 Å². The van der Waals surface area contributed by atoms with Gasteiger partial charge in [0.15, 0.2) is 0 Å². The molecule has 0 rings (SSSR count). The lowest BCUT2D eigenvalue weighted by atomic mass is 9.77. The van der Waals surface area contributed by atoms with E-state index in [9.17, 15) is 4.79 Å². The minimum Gasteiger partial charge on any atom is -0.481 e. The first-order chi connectivity index (χ1) is 7.38. The molecule has 2 nitrogen and oxygen atoms in total. The summed E-state index contributed by atoms with van der Waals surface area (Å²) in [5.41, 5.74) is 0. The van der Waals surface area contributed by atoms with Gasteiger partial charge in [-0.25, -0.2) is 0 Å². The predicted molar refractivity (Wildman–Crippen MR) is 68.4 cm³/mol. The molecular formula is C14H28O2. The molecule has 0 aliphatic carbocycles.